The van der Waals surface area contributed by atoms with E-state index in [4.69, 9.17) is 15.9 Å². The molecule has 0 atom stereocenters. The van der Waals surface area contributed by atoms with Crippen molar-refractivity contribution in [2.24, 2.45) is 12.8 Å². The first kappa shape index (κ1) is 14.3. The Balaban J connectivity index is 2.65. The largest absolute Gasteiger partial charge is 0.477 e. The molecule has 0 aliphatic carbocycles. The van der Waals surface area contributed by atoms with Crippen LogP contribution in [-0.2, 0) is 7.05 Å². The van der Waals surface area contributed by atoms with Crippen molar-refractivity contribution in [1.82, 2.24) is 9.78 Å². The van der Waals surface area contributed by atoms with Crippen LogP contribution in [0.2, 0.25) is 0 Å². The number of rotatable bonds is 5. The highest BCUT2D eigenvalue weighted by Gasteiger charge is 2.26. The molecule has 18 heavy (non-hydrogen) atoms. The Morgan fingerprint density at radius 3 is 2.61 bits per heavy atom. The topological polar surface area (TPSA) is 76.9 Å². The van der Waals surface area contributed by atoms with E-state index in [1.807, 2.05) is 0 Å². The minimum atomic E-state index is -4.19. The third-order valence-electron chi connectivity index (χ3n) is 2.28. The smallest absolute Gasteiger partial charge is 0.389 e. The Morgan fingerprint density at radius 2 is 2.11 bits per heavy atom. The molecule has 0 unspecified atom stereocenters. The monoisotopic (exact) mass is 264 g/mol. The fourth-order valence-corrected chi connectivity index (χ4v) is 1.55. The zero-order chi connectivity index (χ0) is 13.9. The Kier molecular flexibility index (Phi) is 4.20. The van der Waals surface area contributed by atoms with Crippen LogP contribution in [0.4, 0.5) is 13.2 Å². The van der Waals surface area contributed by atoms with Crippen LogP contribution in [0.25, 0.3) is 0 Å². The molecule has 3 N–H and O–H groups in total. The van der Waals surface area contributed by atoms with Gasteiger partial charge in [0.1, 0.15) is 11.4 Å². The molecule has 0 fully saturated rings. The number of nitrogen functional groups attached to an aromatic ring is 1. The van der Waals surface area contributed by atoms with Crippen LogP contribution in [0.1, 0.15) is 24.1 Å². The highest BCUT2D eigenvalue weighted by molar-refractivity contribution is 5.98. The van der Waals surface area contributed by atoms with Crippen LogP contribution in [-0.4, -0.2) is 28.4 Å². The van der Waals surface area contributed by atoms with Gasteiger partial charge >= 0.3 is 6.18 Å². The fraction of sp³-hybridized carbons (Fsp3) is 0.600. The standard InChI is InChI=1S/C10H15F3N4O/c1-6-7(8(14)15)9(17(2)16-6)18-5-3-4-10(11,12)13/h3-5H2,1-2H3,(H3,14,15). The quantitative estimate of drug-likeness (QED) is 0.483. The molecule has 0 aromatic carbocycles. The second-order valence-electron chi connectivity index (χ2n) is 3.87. The summed E-state index contributed by atoms with van der Waals surface area (Å²) in [5.74, 6) is 0.00796. The summed E-state index contributed by atoms with van der Waals surface area (Å²) in [6, 6.07) is 0. The van der Waals surface area contributed by atoms with Gasteiger partial charge in [-0.1, -0.05) is 0 Å². The second-order valence-corrected chi connectivity index (χ2v) is 3.87. The first-order valence-corrected chi connectivity index (χ1v) is 5.30. The molecule has 5 nitrogen and oxygen atoms in total. The molecule has 0 saturated heterocycles. The van der Waals surface area contributed by atoms with Crippen LogP contribution in [0.3, 0.4) is 0 Å². The minimum Gasteiger partial charge on any atom is -0.477 e. The molecule has 0 amide bonds. The van der Waals surface area contributed by atoms with Crippen LogP contribution < -0.4 is 10.5 Å². The molecule has 0 bridgehead atoms. The number of halogens is 3. The van der Waals surface area contributed by atoms with Crippen molar-refractivity contribution in [3.63, 3.8) is 0 Å². The number of nitrogens with two attached hydrogens (primary N) is 1. The van der Waals surface area contributed by atoms with E-state index >= 15 is 0 Å². The minimum absolute atomic E-state index is 0.0984. The maximum absolute atomic E-state index is 11.9. The maximum Gasteiger partial charge on any atom is 0.389 e. The van der Waals surface area contributed by atoms with Gasteiger partial charge in [0.2, 0.25) is 5.88 Å². The molecular weight excluding hydrogens is 249 g/mol. The van der Waals surface area contributed by atoms with Gasteiger partial charge in [-0.05, 0) is 13.3 Å². The highest BCUT2D eigenvalue weighted by Crippen LogP contribution is 2.23. The van der Waals surface area contributed by atoms with E-state index in [-0.39, 0.29) is 24.7 Å². The fourth-order valence-electron chi connectivity index (χ4n) is 1.55. The van der Waals surface area contributed by atoms with E-state index in [0.29, 0.717) is 11.3 Å². The number of aromatic nitrogens is 2. The molecule has 1 aromatic rings. The van der Waals surface area contributed by atoms with E-state index in [0.717, 1.165) is 0 Å². The number of nitrogens with zero attached hydrogens (tertiary/aromatic N) is 2. The van der Waals surface area contributed by atoms with E-state index in [1.165, 1.54) is 4.68 Å². The van der Waals surface area contributed by atoms with Gasteiger partial charge in [-0.25, -0.2) is 4.68 Å². The number of amidine groups is 1. The molecule has 0 aliphatic rings. The van der Waals surface area contributed by atoms with Gasteiger partial charge in [0.25, 0.3) is 0 Å². The van der Waals surface area contributed by atoms with Gasteiger partial charge < -0.3 is 10.5 Å². The molecule has 0 radical (unpaired) electrons. The van der Waals surface area contributed by atoms with Crippen molar-refractivity contribution in [3.05, 3.63) is 11.3 Å². The number of nitrogens with one attached hydrogen (secondary N) is 1. The van der Waals surface area contributed by atoms with Gasteiger partial charge in [0.15, 0.2) is 0 Å². The Labute approximate surface area is 102 Å². The lowest BCUT2D eigenvalue weighted by molar-refractivity contribution is -0.136. The van der Waals surface area contributed by atoms with Gasteiger partial charge in [0.05, 0.1) is 12.3 Å². The summed E-state index contributed by atoms with van der Waals surface area (Å²) in [5.41, 5.74) is 6.21. The zero-order valence-electron chi connectivity index (χ0n) is 10.1. The van der Waals surface area contributed by atoms with Gasteiger partial charge in [-0.3, -0.25) is 5.41 Å². The summed E-state index contributed by atoms with van der Waals surface area (Å²) in [4.78, 5) is 0. The predicted molar refractivity (Wildman–Crippen MR) is 59.7 cm³/mol. The number of ether oxygens (including phenoxy) is 1. The summed E-state index contributed by atoms with van der Waals surface area (Å²) < 4.78 is 42.4. The second kappa shape index (κ2) is 5.28. The predicted octanol–water partition coefficient (Wildman–Crippen LogP) is 1.73. The lowest BCUT2D eigenvalue weighted by Crippen LogP contribution is -2.15. The van der Waals surface area contributed by atoms with E-state index in [1.54, 1.807) is 14.0 Å². The molecular formula is C10H15F3N4O. The van der Waals surface area contributed by atoms with Crippen molar-refractivity contribution >= 4 is 5.84 Å². The van der Waals surface area contributed by atoms with Crippen molar-refractivity contribution < 1.29 is 17.9 Å². The summed E-state index contributed by atoms with van der Waals surface area (Å²) in [7, 11) is 1.58. The van der Waals surface area contributed by atoms with E-state index in [2.05, 4.69) is 5.10 Å². The van der Waals surface area contributed by atoms with Crippen LogP contribution >= 0.6 is 0 Å². The maximum atomic E-state index is 11.9. The first-order valence-electron chi connectivity index (χ1n) is 5.30. The Hall–Kier alpha value is -1.73. The van der Waals surface area contributed by atoms with Gasteiger partial charge in [-0.2, -0.15) is 18.3 Å². The first-order chi connectivity index (χ1) is 8.22. The Bertz CT molecular complexity index is 439. The summed E-state index contributed by atoms with van der Waals surface area (Å²) in [5, 5.41) is 11.4. The lowest BCUT2D eigenvalue weighted by Gasteiger charge is -2.09. The van der Waals surface area contributed by atoms with Crippen LogP contribution in [0, 0.1) is 12.3 Å². The molecule has 0 spiro atoms. The summed E-state index contributed by atoms with van der Waals surface area (Å²) in [6.07, 6.45) is -5.24. The molecule has 0 saturated carbocycles. The van der Waals surface area contributed by atoms with Crippen molar-refractivity contribution in [2.75, 3.05) is 6.61 Å². The average Bonchev–Trinajstić information content (AvgIpc) is 2.46. The zero-order valence-corrected chi connectivity index (χ0v) is 10.1. The molecule has 0 aliphatic heterocycles. The van der Waals surface area contributed by atoms with Crippen LogP contribution in [0.5, 0.6) is 5.88 Å². The van der Waals surface area contributed by atoms with Crippen molar-refractivity contribution in [2.45, 2.75) is 25.9 Å². The Morgan fingerprint density at radius 1 is 1.50 bits per heavy atom. The van der Waals surface area contributed by atoms with Crippen molar-refractivity contribution in [3.8, 4) is 5.88 Å². The summed E-state index contributed by atoms with van der Waals surface area (Å²) >= 11 is 0. The lowest BCUT2D eigenvalue weighted by atomic mass is 10.2. The normalized spacial score (nSPS) is 11.6. The molecule has 1 aromatic heterocycles. The number of aryl methyl sites for hydroxylation is 2. The molecule has 102 valence electrons. The molecule has 1 heterocycles. The SMILES string of the molecule is Cc1nn(C)c(OCCCC(F)(F)F)c1C(=N)N. The molecule has 8 heteroatoms. The van der Waals surface area contributed by atoms with Crippen molar-refractivity contribution in [1.29, 1.82) is 5.41 Å². The highest BCUT2D eigenvalue weighted by atomic mass is 19.4. The van der Waals surface area contributed by atoms with E-state index in [9.17, 15) is 13.2 Å². The number of alkyl halides is 3. The number of hydrogen-bond donors (Lipinski definition) is 2. The third kappa shape index (κ3) is 3.64. The van der Waals surface area contributed by atoms with Crippen LogP contribution in [0.15, 0.2) is 0 Å². The average molecular weight is 264 g/mol. The molecule has 1 rings (SSSR count). The van der Waals surface area contributed by atoms with E-state index < -0.39 is 12.6 Å². The van der Waals surface area contributed by atoms with Gasteiger partial charge in [0, 0.05) is 13.5 Å². The third-order valence-corrected chi connectivity index (χ3v) is 2.28. The summed E-state index contributed by atoms with van der Waals surface area (Å²) in [6.45, 7) is 1.55. The van der Waals surface area contributed by atoms with Gasteiger partial charge in [-0.15, -0.1) is 0 Å². The number of hydrogen-bond acceptors (Lipinski definition) is 3.